The number of nitrogen functional groups attached to an aromatic ring is 1. The van der Waals surface area contributed by atoms with Gasteiger partial charge < -0.3 is 16.2 Å². The maximum Gasteiger partial charge on any atom is 0.183 e. The van der Waals surface area contributed by atoms with Gasteiger partial charge in [0.15, 0.2) is 11.6 Å². The quantitative estimate of drug-likeness (QED) is 0.725. The van der Waals surface area contributed by atoms with Crippen LogP contribution in [0.5, 0.6) is 0 Å². The fourth-order valence-electron chi connectivity index (χ4n) is 2.54. The lowest BCUT2D eigenvalue weighted by Crippen LogP contribution is -2.31. The fraction of sp³-hybridized carbons (Fsp3) is 0.538. The molecule has 1 aliphatic rings. The van der Waals surface area contributed by atoms with Crippen LogP contribution < -0.4 is 11.1 Å². The molecule has 0 unspecified atom stereocenters. The number of anilines is 2. The van der Waals surface area contributed by atoms with Crippen LogP contribution in [0.3, 0.4) is 0 Å². The third kappa shape index (κ3) is 2.41. The van der Waals surface area contributed by atoms with Gasteiger partial charge in [0.25, 0.3) is 0 Å². The van der Waals surface area contributed by atoms with Gasteiger partial charge in [-0.25, -0.2) is 8.78 Å². The van der Waals surface area contributed by atoms with Gasteiger partial charge in [-0.1, -0.05) is 12.8 Å². The molecule has 2 rings (SSSR count). The molecule has 1 aromatic carbocycles. The molecule has 0 spiro atoms. The van der Waals surface area contributed by atoms with Gasteiger partial charge in [-0.15, -0.1) is 0 Å². The summed E-state index contributed by atoms with van der Waals surface area (Å²) < 4.78 is 26.7. The van der Waals surface area contributed by atoms with E-state index in [0.29, 0.717) is 6.54 Å². The maximum atomic E-state index is 13.6. The number of aliphatic hydroxyl groups excluding tert-OH is 1. The molecule has 0 saturated heterocycles. The number of nitrogens with one attached hydrogen (secondary N) is 1. The zero-order chi connectivity index (χ0) is 13.2. The van der Waals surface area contributed by atoms with Crippen molar-refractivity contribution in [1.29, 1.82) is 0 Å². The molecule has 1 aromatic rings. The average Bonchev–Trinajstić information content (AvgIpc) is 2.84. The minimum absolute atomic E-state index is 0.00488. The lowest BCUT2D eigenvalue weighted by atomic mass is 9.87. The number of nitrogens with two attached hydrogens (primary N) is 1. The number of halogens is 2. The van der Waals surface area contributed by atoms with Crippen molar-refractivity contribution in [3.63, 3.8) is 0 Å². The molecule has 0 aliphatic heterocycles. The van der Waals surface area contributed by atoms with Crippen molar-refractivity contribution in [2.75, 3.05) is 24.2 Å². The lowest BCUT2D eigenvalue weighted by molar-refractivity contribution is 0.142. The van der Waals surface area contributed by atoms with E-state index in [0.717, 1.165) is 31.7 Å². The normalized spacial score (nSPS) is 17.9. The van der Waals surface area contributed by atoms with Crippen LogP contribution in [0.15, 0.2) is 12.1 Å². The highest BCUT2D eigenvalue weighted by Crippen LogP contribution is 2.38. The second kappa shape index (κ2) is 5.10. The summed E-state index contributed by atoms with van der Waals surface area (Å²) >= 11 is 0. The standard InChI is InChI=1S/C13H18F2N2O/c14-9-3-4-10(16)12(11(9)15)17-7-13(8-18)5-1-2-6-13/h3-4,17-18H,1-2,5-8,16H2. The van der Waals surface area contributed by atoms with Crippen LogP contribution in [-0.4, -0.2) is 18.3 Å². The van der Waals surface area contributed by atoms with Gasteiger partial charge in [0, 0.05) is 12.0 Å². The Morgan fingerprint density at radius 2 is 1.94 bits per heavy atom. The predicted molar refractivity (Wildman–Crippen MR) is 67.2 cm³/mol. The van der Waals surface area contributed by atoms with Gasteiger partial charge >= 0.3 is 0 Å². The molecule has 5 heteroatoms. The first-order chi connectivity index (χ1) is 8.58. The van der Waals surface area contributed by atoms with E-state index in [4.69, 9.17) is 5.73 Å². The highest BCUT2D eigenvalue weighted by molar-refractivity contribution is 5.66. The summed E-state index contributed by atoms with van der Waals surface area (Å²) in [5, 5.41) is 12.3. The van der Waals surface area contributed by atoms with Crippen molar-refractivity contribution < 1.29 is 13.9 Å². The largest absolute Gasteiger partial charge is 0.397 e. The van der Waals surface area contributed by atoms with E-state index in [1.807, 2.05) is 0 Å². The van der Waals surface area contributed by atoms with Gasteiger partial charge in [-0.05, 0) is 25.0 Å². The van der Waals surface area contributed by atoms with Gasteiger partial charge in [-0.3, -0.25) is 0 Å². The van der Waals surface area contributed by atoms with Crippen LogP contribution >= 0.6 is 0 Å². The molecule has 1 saturated carbocycles. The van der Waals surface area contributed by atoms with Crippen LogP contribution in [0.1, 0.15) is 25.7 Å². The summed E-state index contributed by atoms with van der Waals surface area (Å²) in [6.07, 6.45) is 3.91. The van der Waals surface area contributed by atoms with Crippen LogP contribution in [0, 0.1) is 17.0 Å². The Balaban J connectivity index is 2.12. The molecule has 0 aromatic heterocycles. The van der Waals surface area contributed by atoms with Crippen molar-refractivity contribution in [2.45, 2.75) is 25.7 Å². The number of rotatable bonds is 4. The first-order valence-corrected chi connectivity index (χ1v) is 6.16. The van der Waals surface area contributed by atoms with E-state index >= 15 is 0 Å². The minimum atomic E-state index is -0.957. The molecule has 3 nitrogen and oxygen atoms in total. The Kier molecular flexibility index (Phi) is 3.71. The van der Waals surface area contributed by atoms with E-state index in [-0.39, 0.29) is 23.4 Å². The Labute approximate surface area is 105 Å². The molecule has 0 amide bonds. The Hall–Kier alpha value is -1.36. The van der Waals surface area contributed by atoms with E-state index in [9.17, 15) is 13.9 Å². The van der Waals surface area contributed by atoms with Gasteiger partial charge in [0.2, 0.25) is 0 Å². The summed E-state index contributed by atoms with van der Waals surface area (Å²) in [5.41, 5.74) is 5.57. The Bertz CT molecular complexity index is 431. The maximum absolute atomic E-state index is 13.6. The summed E-state index contributed by atoms with van der Waals surface area (Å²) in [6.45, 7) is 0.463. The molecule has 100 valence electrons. The smallest absolute Gasteiger partial charge is 0.183 e. The Morgan fingerprint density at radius 3 is 2.56 bits per heavy atom. The molecule has 0 heterocycles. The first kappa shape index (κ1) is 13.1. The second-order valence-corrected chi connectivity index (χ2v) is 5.04. The van der Waals surface area contributed by atoms with Crippen LogP contribution in [0.25, 0.3) is 0 Å². The van der Waals surface area contributed by atoms with E-state index in [2.05, 4.69) is 5.32 Å². The van der Waals surface area contributed by atoms with Gasteiger partial charge in [0.05, 0.1) is 18.0 Å². The molecule has 0 atom stereocenters. The summed E-state index contributed by atoms with van der Waals surface area (Å²) in [4.78, 5) is 0. The SMILES string of the molecule is Nc1ccc(F)c(F)c1NCC1(CO)CCCC1. The minimum Gasteiger partial charge on any atom is -0.397 e. The van der Waals surface area contributed by atoms with Crippen molar-refractivity contribution in [3.05, 3.63) is 23.8 Å². The number of hydrogen-bond acceptors (Lipinski definition) is 3. The van der Waals surface area contributed by atoms with Crippen molar-refractivity contribution in [1.82, 2.24) is 0 Å². The van der Waals surface area contributed by atoms with Crippen molar-refractivity contribution in [2.24, 2.45) is 5.41 Å². The van der Waals surface area contributed by atoms with Crippen LogP contribution in [0.2, 0.25) is 0 Å². The lowest BCUT2D eigenvalue weighted by Gasteiger charge is -2.27. The molecule has 1 aliphatic carbocycles. The van der Waals surface area contributed by atoms with Crippen molar-refractivity contribution in [3.8, 4) is 0 Å². The van der Waals surface area contributed by atoms with Crippen molar-refractivity contribution >= 4 is 11.4 Å². The third-order valence-corrected chi connectivity index (χ3v) is 3.77. The molecule has 0 bridgehead atoms. The molecule has 18 heavy (non-hydrogen) atoms. The predicted octanol–water partition coefficient (Wildman–Crippen LogP) is 2.51. The fourth-order valence-corrected chi connectivity index (χ4v) is 2.54. The molecular weight excluding hydrogens is 238 g/mol. The zero-order valence-corrected chi connectivity index (χ0v) is 10.2. The summed E-state index contributed by atoms with van der Waals surface area (Å²) in [7, 11) is 0. The Morgan fingerprint density at radius 1 is 1.28 bits per heavy atom. The van der Waals surface area contributed by atoms with E-state index in [1.165, 1.54) is 6.07 Å². The average molecular weight is 256 g/mol. The highest BCUT2D eigenvalue weighted by Gasteiger charge is 2.33. The highest BCUT2D eigenvalue weighted by atomic mass is 19.2. The first-order valence-electron chi connectivity index (χ1n) is 6.16. The monoisotopic (exact) mass is 256 g/mol. The van der Waals surface area contributed by atoms with Crippen LogP contribution in [0.4, 0.5) is 20.2 Å². The number of benzene rings is 1. The molecular formula is C13H18F2N2O. The van der Waals surface area contributed by atoms with E-state index < -0.39 is 11.6 Å². The topological polar surface area (TPSA) is 58.3 Å². The van der Waals surface area contributed by atoms with Gasteiger partial charge in [0.1, 0.15) is 0 Å². The number of aliphatic hydroxyl groups is 1. The second-order valence-electron chi connectivity index (χ2n) is 5.04. The third-order valence-electron chi connectivity index (χ3n) is 3.77. The molecule has 4 N–H and O–H groups in total. The zero-order valence-electron chi connectivity index (χ0n) is 10.2. The number of hydrogen-bond donors (Lipinski definition) is 3. The molecule has 1 fully saturated rings. The molecule has 0 radical (unpaired) electrons. The summed E-state index contributed by atoms with van der Waals surface area (Å²) in [6, 6.07) is 2.34. The summed E-state index contributed by atoms with van der Waals surface area (Å²) in [5.74, 6) is -1.88. The van der Waals surface area contributed by atoms with Crippen LogP contribution in [-0.2, 0) is 0 Å². The van der Waals surface area contributed by atoms with Gasteiger partial charge in [-0.2, -0.15) is 0 Å². The van der Waals surface area contributed by atoms with E-state index in [1.54, 1.807) is 0 Å².